The Bertz CT molecular complexity index is 988. The number of hydrogen-bond donors (Lipinski definition) is 1. The van der Waals surface area contributed by atoms with Gasteiger partial charge in [0.05, 0.1) is 24.4 Å². The summed E-state index contributed by atoms with van der Waals surface area (Å²) in [4.78, 5) is 28.4. The highest BCUT2D eigenvalue weighted by atomic mass is 16.5. The SMILES string of the molecule is CCOc1nccc(-n2nc(N)c3c2C(C)(C)N(C(=O)N2C[C@@H](C)N(C)C[C@@H]2C)C3)n1. The Morgan fingerprint density at radius 1 is 1.29 bits per heavy atom. The maximum absolute atomic E-state index is 13.7. The number of rotatable bonds is 3. The number of piperazine rings is 1. The maximum Gasteiger partial charge on any atom is 0.321 e. The van der Waals surface area contributed by atoms with Gasteiger partial charge in [-0.05, 0) is 41.7 Å². The first-order valence-corrected chi connectivity index (χ1v) is 10.8. The topological polar surface area (TPSA) is 106 Å². The maximum atomic E-state index is 13.7. The molecule has 168 valence electrons. The van der Waals surface area contributed by atoms with Gasteiger partial charge in [0, 0.05) is 43.0 Å². The minimum absolute atomic E-state index is 0.0253. The fourth-order valence-corrected chi connectivity index (χ4v) is 4.58. The Labute approximate surface area is 183 Å². The van der Waals surface area contributed by atoms with Gasteiger partial charge in [0.25, 0.3) is 0 Å². The lowest BCUT2D eigenvalue weighted by atomic mass is 10.00. The Morgan fingerprint density at radius 2 is 2.03 bits per heavy atom. The number of nitrogen functional groups attached to an aromatic ring is 1. The van der Waals surface area contributed by atoms with E-state index in [-0.39, 0.29) is 18.1 Å². The van der Waals surface area contributed by atoms with Gasteiger partial charge >= 0.3 is 12.0 Å². The van der Waals surface area contributed by atoms with Crippen LogP contribution < -0.4 is 10.5 Å². The van der Waals surface area contributed by atoms with Crippen molar-refractivity contribution in [3.63, 3.8) is 0 Å². The zero-order valence-corrected chi connectivity index (χ0v) is 19.2. The van der Waals surface area contributed by atoms with Crippen molar-refractivity contribution < 1.29 is 9.53 Å². The van der Waals surface area contributed by atoms with Gasteiger partial charge in [-0.3, -0.25) is 4.90 Å². The van der Waals surface area contributed by atoms with E-state index in [1.807, 2.05) is 30.6 Å². The molecule has 2 aromatic heterocycles. The summed E-state index contributed by atoms with van der Waals surface area (Å²) >= 11 is 0. The molecule has 4 heterocycles. The predicted octanol–water partition coefficient (Wildman–Crippen LogP) is 1.84. The molecule has 2 aliphatic heterocycles. The van der Waals surface area contributed by atoms with E-state index in [2.05, 4.69) is 40.9 Å². The van der Waals surface area contributed by atoms with Crippen LogP contribution in [0.5, 0.6) is 6.01 Å². The number of nitrogens with zero attached hydrogens (tertiary/aromatic N) is 7. The normalized spacial score (nSPS) is 23.2. The number of hydrogen-bond acceptors (Lipinski definition) is 7. The Kier molecular flexibility index (Phi) is 5.28. The van der Waals surface area contributed by atoms with Crippen molar-refractivity contribution in [1.82, 2.24) is 34.4 Å². The summed E-state index contributed by atoms with van der Waals surface area (Å²) in [6.07, 6.45) is 1.63. The van der Waals surface area contributed by atoms with Crippen LogP contribution in [0.15, 0.2) is 12.3 Å². The van der Waals surface area contributed by atoms with E-state index < -0.39 is 5.54 Å². The number of anilines is 1. The number of fused-ring (bicyclic) bond motifs is 1. The average Bonchev–Trinajstić information content (AvgIpc) is 3.19. The summed E-state index contributed by atoms with van der Waals surface area (Å²) in [5.74, 6) is 0.977. The van der Waals surface area contributed by atoms with Gasteiger partial charge in [-0.1, -0.05) is 0 Å². The molecule has 2 aromatic rings. The number of carbonyl (C=O) groups excluding carboxylic acids is 1. The molecule has 10 nitrogen and oxygen atoms in total. The van der Waals surface area contributed by atoms with Crippen LogP contribution in [0.4, 0.5) is 10.6 Å². The predicted molar refractivity (Wildman–Crippen MR) is 117 cm³/mol. The third-order valence-corrected chi connectivity index (χ3v) is 6.47. The average molecular weight is 429 g/mol. The van der Waals surface area contributed by atoms with Crippen LogP contribution in [-0.4, -0.2) is 79.3 Å². The highest BCUT2D eigenvalue weighted by molar-refractivity contribution is 5.78. The van der Waals surface area contributed by atoms with Crippen molar-refractivity contribution in [3.8, 4) is 11.8 Å². The van der Waals surface area contributed by atoms with Crippen LogP contribution in [0.2, 0.25) is 0 Å². The highest BCUT2D eigenvalue weighted by Gasteiger charge is 2.48. The van der Waals surface area contributed by atoms with Crippen molar-refractivity contribution >= 4 is 11.8 Å². The fourth-order valence-electron chi connectivity index (χ4n) is 4.58. The van der Waals surface area contributed by atoms with Crippen LogP contribution >= 0.6 is 0 Å². The Morgan fingerprint density at radius 3 is 2.74 bits per heavy atom. The molecular formula is C21H32N8O2. The second kappa shape index (κ2) is 7.67. The van der Waals surface area contributed by atoms with E-state index in [1.54, 1.807) is 16.9 Å². The van der Waals surface area contributed by atoms with E-state index >= 15 is 0 Å². The van der Waals surface area contributed by atoms with Crippen molar-refractivity contribution in [2.75, 3.05) is 32.5 Å². The van der Waals surface area contributed by atoms with Crippen molar-refractivity contribution in [2.24, 2.45) is 0 Å². The van der Waals surface area contributed by atoms with Crippen LogP contribution in [-0.2, 0) is 12.1 Å². The molecule has 10 heteroatoms. The molecule has 1 saturated heterocycles. The molecule has 0 spiro atoms. The van der Waals surface area contributed by atoms with E-state index in [9.17, 15) is 4.79 Å². The molecule has 2 N–H and O–H groups in total. The largest absolute Gasteiger partial charge is 0.464 e. The Balaban J connectivity index is 1.68. The number of urea groups is 1. The van der Waals surface area contributed by atoms with E-state index in [1.165, 1.54) is 0 Å². The number of amides is 2. The first kappa shape index (κ1) is 21.4. The molecular weight excluding hydrogens is 396 g/mol. The van der Waals surface area contributed by atoms with Crippen LogP contribution in [0.3, 0.4) is 0 Å². The molecule has 0 aliphatic carbocycles. The van der Waals surface area contributed by atoms with E-state index in [0.717, 1.165) is 17.8 Å². The van der Waals surface area contributed by atoms with Gasteiger partial charge in [-0.15, -0.1) is 5.10 Å². The molecule has 0 saturated carbocycles. The van der Waals surface area contributed by atoms with Gasteiger partial charge in [-0.25, -0.2) is 14.5 Å². The van der Waals surface area contributed by atoms with Gasteiger partial charge in [0.2, 0.25) is 0 Å². The second-order valence-electron chi connectivity index (χ2n) is 8.97. The molecule has 0 unspecified atom stereocenters. The summed E-state index contributed by atoms with van der Waals surface area (Å²) in [5.41, 5.74) is 7.42. The molecule has 0 radical (unpaired) electrons. The zero-order chi connectivity index (χ0) is 22.5. The number of nitrogens with two attached hydrogens (primary N) is 1. The van der Waals surface area contributed by atoms with Crippen molar-refractivity contribution in [2.45, 2.75) is 58.8 Å². The molecule has 0 aromatic carbocycles. The number of ether oxygens (including phenoxy) is 1. The number of carbonyl (C=O) groups is 1. The Hall–Kier alpha value is -2.88. The van der Waals surface area contributed by atoms with Crippen molar-refractivity contribution in [3.05, 3.63) is 23.5 Å². The van der Waals surface area contributed by atoms with Crippen LogP contribution in [0.25, 0.3) is 5.82 Å². The summed E-state index contributed by atoms with van der Waals surface area (Å²) in [6, 6.07) is 2.52. The second-order valence-corrected chi connectivity index (χ2v) is 8.97. The van der Waals surface area contributed by atoms with Gasteiger partial charge in [0.1, 0.15) is 0 Å². The quantitative estimate of drug-likeness (QED) is 0.795. The fraction of sp³-hybridized carbons (Fsp3) is 0.619. The zero-order valence-electron chi connectivity index (χ0n) is 19.2. The molecule has 2 atom stereocenters. The monoisotopic (exact) mass is 428 g/mol. The van der Waals surface area contributed by atoms with Crippen LogP contribution in [0, 0.1) is 0 Å². The number of aromatic nitrogens is 4. The summed E-state index contributed by atoms with van der Waals surface area (Å²) in [7, 11) is 2.10. The van der Waals surface area contributed by atoms with Gasteiger partial charge in [-0.2, -0.15) is 4.98 Å². The van der Waals surface area contributed by atoms with E-state index in [0.29, 0.717) is 37.4 Å². The lowest BCUT2D eigenvalue weighted by molar-refractivity contribution is 0.0454. The lowest BCUT2D eigenvalue weighted by Crippen LogP contribution is -2.60. The first-order chi connectivity index (χ1) is 14.6. The van der Waals surface area contributed by atoms with Gasteiger partial charge in [0.15, 0.2) is 11.6 Å². The molecule has 1 fully saturated rings. The third kappa shape index (κ3) is 3.48. The van der Waals surface area contributed by atoms with Crippen molar-refractivity contribution in [1.29, 1.82) is 0 Å². The lowest BCUT2D eigenvalue weighted by Gasteiger charge is -2.45. The summed E-state index contributed by atoms with van der Waals surface area (Å²) in [6.45, 7) is 12.6. The minimum atomic E-state index is -0.611. The van der Waals surface area contributed by atoms with Gasteiger partial charge < -0.3 is 20.3 Å². The molecule has 2 amide bonds. The molecule has 0 bridgehead atoms. The first-order valence-electron chi connectivity index (χ1n) is 10.8. The molecule has 4 rings (SSSR count). The van der Waals surface area contributed by atoms with E-state index in [4.69, 9.17) is 10.5 Å². The summed E-state index contributed by atoms with van der Waals surface area (Å²) in [5, 5.41) is 4.53. The minimum Gasteiger partial charge on any atom is -0.464 e. The standard InChI is InChI=1S/C21H32N8O2/c1-7-31-19-23-9-8-16(24-19)29-17-15(18(22)25-29)12-28(21(17,4)5)20(30)27-11-13(2)26(6)10-14(27)3/h8-9,13-14H,7,10-12H2,1-6H3,(H2,22,25)/t13-,14+/m1/s1. The summed E-state index contributed by atoms with van der Waals surface area (Å²) < 4.78 is 7.17. The number of likely N-dealkylation sites (N-methyl/N-ethyl adjacent to an activating group) is 1. The highest BCUT2D eigenvalue weighted by Crippen LogP contribution is 2.43. The smallest absolute Gasteiger partial charge is 0.321 e. The molecule has 31 heavy (non-hydrogen) atoms. The molecule has 2 aliphatic rings. The third-order valence-electron chi connectivity index (χ3n) is 6.47. The van der Waals surface area contributed by atoms with Crippen LogP contribution in [0.1, 0.15) is 45.9 Å².